The van der Waals surface area contributed by atoms with Gasteiger partial charge in [0.15, 0.2) is 0 Å². The standard InChI is InChI=1S/C17H20N4O/c1-13-10-19-15(11-18-13)17(22)21-9-8-20(2)12-16(21)14-6-4-3-5-7-14/h3-7,10-11,16H,8-9,12H2,1-2H3/t16-/m0/s1. The number of hydrogen-bond donors (Lipinski definition) is 0. The molecule has 1 saturated heterocycles. The second kappa shape index (κ2) is 6.23. The Hall–Kier alpha value is -2.27. The Morgan fingerprint density at radius 2 is 1.91 bits per heavy atom. The summed E-state index contributed by atoms with van der Waals surface area (Å²) in [5, 5.41) is 0. The number of benzene rings is 1. The van der Waals surface area contributed by atoms with Gasteiger partial charge in [-0.15, -0.1) is 0 Å². The molecule has 1 aromatic heterocycles. The van der Waals surface area contributed by atoms with Crippen LogP contribution in [-0.2, 0) is 0 Å². The van der Waals surface area contributed by atoms with Gasteiger partial charge in [0.1, 0.15) is 5.69 Å². The molecular formula is C17H20N4O. The molecule has 0 spiro atoms. The second-order valence-electron chi connectivity index (χ2n) is 5.73. The van der Waals surface area contributed by atoms with Gasteiger partial charge in [0.05, 0.1) is 17.9 Å². The molecule has 2 heterocycles. The molecule has 1 aliphatic rings. The largest absolute Gasteiger partial charge is 0.328 e. The van der Waals surface area contributed by atoms with Gasteiger partial charge in [-0.25, -0.2) is 4.98 Å². The lowest BCUT2D eigenvalue weighted by molar-refractivity contribution is 0.0492. The van der Waals surface area contributed by atoms with Crippen molar-refractivity contribution >= 4 is 5.91 Å². The molecule has 0 N–H and O–H groups in total. The van der Waals surface area contributed by atoms with E-state index in [0.717, 1.165) is 24.3 Å². The predicted octanol–water partition coefficient (Wildman–Crippen LogP) is 1.91. The van der Waals surface area contributed by atoms with Crippen LogP contribution in [0.5, 0.6) is 0 Å². The summed E-state index contributed by atoms with van der Waals surface area (Å²) in [6.07, 6.45) is 3.21. The minimum Gasteiger partial charge on any atom is -0.328 e. The number of aryl methyl sites for hydroxylation is 1. The highest BCUT2D eigenvalue weighted by Crippen LogP contribution is 2.26. The number of nitrogens with zero attached hydrogens (tertiary/aromatic N) is 4. The summed E-state index contributed by atoms with van der Waals surface area (Å²) >= 11 is 0. The number of hydrogen-bond acceptors (Lipinski definition) is 4. The number of amides is 1. The van der Waals surface area contributed by atoms with E-state index in [4.69, 9.17) is 0 Å². The molecule has 1 atom stereocenters. The molecule has 0 saturated carbocycles. The number of aromatic nitrogens is 2. The monoisotopic (exact) mass is 296 g/mol. The Morgan fingerprint density at radius 1 is 1.14 bits per heavy atom. The van der Waals surface area contributed by atoms with E-state index in [2.05, 4.69) is 34.0 Å². The fourth-order valence-corrected chi connectivity index (χ4v) is 2.77. The van der Waals surface area contributed by atoms with Gasteiger partial charge in [-0.1, -0.05) is 30.3 Å². The molecule has 0 bridgehead atoms. The lowest BCUT2D eigenvalue weighted by Crippen LogP contribution is -2.49. The van der Waals surface area contributed by atoms with Crippen molar-refractivity contribution in [2.75, 3.05) is 26.7 Å². The fraction of sp³-hybridized carbons (Fsp3) is 0.353. The molecule has 1 aliphatic heterocycles. The molecule has 2 aromatic rings. The van der Waals surface area contributed by atoms with Crippen molar-refractivity contribution in [3.8, 4) is 0 Å². The molecule has 1 amide bonds. The topological polar surface area (TPSA) is 49.3 Å². The summed E-state index contributed by atoms with van der Waals surface area (Å²) in [7, 11) is 2.09. The summed E-state index contributed by atoms with van der Waals surface area (Å²) < 4.78 is 0. The van der Waals surface area contributed by atoms with E-state index in [1.807, 2.05) is 30.0 Å². The Morgan fingerprint density at radius 3 is 2.59 bits per heavy atom. The molecule has 1 fully saturated rings. The van der Waals surface area contributed by atoms with E-state index in [-0.39, 0.29) is 11.9 Å². The van der Waals surface area contributed by atoms with Crippen LogP contribution in [-0.4, -0.2) is 52.4 Å². The first-order valence-corrected chi connectivity index (χ1v) is 7.48. The van der Waals surface area contributed by atoms with Gasteiger partial charge in [0.2, 0.25) is 0 Å². The fourth-order valence-electron chi connectivity index (χ4n) is 2.77. The van der Waals surface area contributed by atoms with Gasteiger partial charge < -0.3 is 9.80 Å². The van der Waals surface area contributed by atoms with Crippen molar-refractivity contribution < 1.29 is 4.79 Å². The SMILES string of the molecule is Cc1cnc(C(=O)N2CCN(C)C[C@H]2c2ccccc2)cn1. The number of rotatable bonds is 2. The molecule has 114 valence electrons. The van der Waals surface area contributed by atoms with E-state index >= 15 is 0 Å². The van der Waals surface area contributed by atoms with Gasteiger partial charge in [0, 0.05) is 25.8 Å². The van der Waals surface area contributed by atoms with Crippen molar-refractivity contribution in [2.45, 2.75) is 13.0 Å². The lowest BCUT2D eigenvalue weighted by atomic mass is 10.0. The summed E-state index contributed by atoms with van der Waals surface area (Å²) in [4.78, 5) is 25.4. The molecule has 3 rings (SSSR count). The predicted molar refractivity (Wildman–Crippen MR) is 84.5 cm³/mol. The number of likely N-dealkylation sites (N-methyl/N-ethyl adjacent to an activating group) is 1. The first-order valence-electron chi connectivity index (χ1n) is 7.48. The first-order chi connectivity index (χ1) is 10.6. The van der Waals surface area contributed by atoms with Crippen LogP contribution < -0.4 is 0 Å². The molecule has 0 unspecified atom stereocenters. The number of piperazine rings is 1. The quantitative estimate of drug-likeness (QED) is 0.849. The van der Waals surface area contributed by atoms with Crippen LogP contribution in [0.15, 0.2) is 42.7 Å². The maximum Gasteiger partial charge on any atom is 0.274 e. The van der Waals surface area contributed by atoms with Crippen LogP contribution in [0.4, 0.5) is 0 Å². The van der Waals surface area contributed by atoms with E-state index in [1.165, 1.54) is 0 Å². The molecule has 22 heavy (non-hydrogen) atoms. The molecule has 5 nitrogen and oxygen atoms in total. The van der Waals surface area contributed by atoms with Gasteiger partial charge in [-0.05, 0) is 19.5 Å². The van der Waals surface area contributed by atoms with E-state index in [0.29, 0.717) is 12.2 Å². The van der Waals surface area contributed by atoms with Crippen molar-refractivity contribution in [3.63, 3.8) is 0 Å². The third-order valence-corrected chi connectivity index (χ3v) is 4.03. The molecule has 5 heteroatoms. The minimum absolute atomic E-state index is 0.0468. The van der Waals surface area contributed by atoms with Crippen molar-refractivity contribution in [1.82, 2.24) is 19.8 Å². The third-order valence-electron chi connectivity index (χ3n) is 4.03. The normalized spacial score (nSPS) is 19.2. The average molecular weight is 296 g/mol. The minimum atomic E-state index is -0.0468. The molecule has 0 radical (unpaired) electrons. The van der Waals surface area contributed by atoms with Crippen LogP contribution in [0.1, 0.15) is 27.8 Å². The van der Waals surface area contributed by atoms with Gasteiger partial charge in [-0.2, -0.15) is 0 Å². The maximum atomic E-state index is 12.8. The Bertz CT molecular complexity index is 641. The zero-order valence-electron chi connectivity index (χ0n) is 12.9. The highest BCUT2D eigenvalue weighted by molar-refractivity contribution is 5.92. The lowest BCUT2D eigenvalue weighted by Gasteiger charge is -2.40. The third kappa shape index (κ3) is 2.99. The summed E-state index contributed by atoms with van der Waals surface area (Å²) in [5.74, 6) is -0.0468. The molecular weight excluding hydrogens is 276 g/mol. The Balaban J connectivity index is 1.89. The zero-order valence-corrected chi connectivity index (χ0v) is 12.9. The number of carbonyl (C=O) groups is 1. The highest BCUT2D eigenvalue weighted by atomic mass is 16.2. The van der Waals surface area contributed by atoms with E-state index in [9.17, 15) is 4.79 Å². The van der Waals surface area contributed by atoms with Crippen LogP contribution in [0.25, 0.3) is 0 Å². The summed E-state index contributed by atoms with van der Waals surface area (Å²) in [5.41, 5.74) is 2.38. The average Bonchev–Trinajstić information content (AvgIpc) is 2.56. The number of carbonyl (C=O) groups excluding carboxylic acids is 1. The Kier molecular flexibility index (Phi) is 4.15. The van der Waals surface area contributed by atoms with Gasteiger partial charge >= 0.3 is 0 Å². The van der Waals surface area contributed by atoms with Crippen molar-refractivity contribution in [3.05, 3.63) is 59.7 Å². The van der Waals surface area contributed by atoms with Crippen molar-refractivity contribution in [1.29, 1.82) is 0 Å². The first kappa shape index (κ1) is 14.7. The van der Waals surface area contributed by atoms with Gasteiger partial charge in [0.25, 0.3) is 5.91 Å². The smallest absolute Gasteiger partial charge is 0.274 e. The van der Waals surface area contributed by atoms with Crippen LogP contribution in [0, 0.1) is 6.92 Å². The van der Waals surface area contributed by atoms with E-state index < -0.39 is 0 Å². The van der Waals surface area contributed by atoms with Crippen LogP contribution in [0.3, 0.4) is 0 Å². The highest BCUT2D eigenvalue weighted by Gasteiger charge is 2.31. The zero-order chi connectivity index (χ0) is 15.5. The molecule has 1 aromatic carbocycles. The van der Waals surface area contributed by atoms with E-state index in [1.54, 1.807) is 12.4 Å². The second-order valence-corrected chi connectivity index (χ2v) is 5.73. The van der Waals surface area contributed by atoms with Crippen LogP contribution in [0.2, 0.25) is 0 Å². The van der Waals surface area contributed by atoms with Gasteiger partial charge in [-0.3, -0.25) is 9.78 Å². The summed E-state index contributed by atoms with van der Waals surface area (Å²) in [6, 6.07) is 10.2. The summed E-state index contributed by atoms with van der Waals surface area (Å²) in [6.45, 7) is 4.26. The molecule has 0 aliphatic carbocycles. The maximum absolute atomic E-state index is 12.8. The van der Waals surface area contributed by atoms with Crippen LogP contribution >= 0.6 is 0 Å². The Labute approximate surface area is 130 Å². The van der Waals surface area contributed by atoms with Crippen molar-refractivity contribution in [2.24, 2.45) is 0 Å².